The molecule has 1 aliphatic heterocycles. The second kappa shape index (κ2) is 11.3. The van der Waals surface area contributed by atoms with Crippen LogP contribution in [-0.4, -0.2) is 52.9 Å². The number of nitrogens with zero attached hydrogens (tertiary/aromatic N) is 3. The Hall–Kier alpha value is -3.13. The van der Waals surface area contributed by atoms with Crippen molar-refractivity contribution in [1.82, 2.24) is 20.2 Å². The van der Waals surface area contributed by atoms with Gasteiger partial charge in [0.2, 0.25) is 5.88 Å². The van der Waals surface area contributed by atoms with Crippen molar-refractivity contribution in [3.63, 3.8) is 0 Å². The molecule has 0 radical (unpaired) electrons. The van der Waals surface area contributed by atoms with E-state index in [0.717, 1.165) is 74.8 Å². The maximum atomic E-state index is 12.9. The van der Waals surface area contributed by atoms with Crippen LogP contribution in [0.4, 0.5) is 8.78 Å². The Morgan fingerprint density at radius 1 is 1.11 bits per heavy atom. The monoisotopic (exact) mass is 494 g/mol. The van der Waals surface area contributed by atoms with Gasteiger partial charge >= 0.3 is 0 Å². The smallest absolute Gasteiger partial charge is 0.272 e. The van der Waals surface area contributed by atoms with E-state index in [2.05, 4.69) is 20.2 Å². The third-order valence-corrected chi connectivity index (χ3v) is 7.40. The van der Waals surface area contributed by atoms with Crippen LogP contribution >= 0.6 is 0 Å². The van der Waals surface area contributed by atoms with E-state index >= 15 is 0 Å². The summed E-state index contributed by atoms with van der Waals surface area (Å²) in [6, 6.07) is 13.3. The molecule has 6 nitrogen and oxygen atoms in total. The average molecular weight is 495 g/mol. The minimum absolute atomic E-state index is 0.0200. The van der Waals surface area contributed by atoms with E-state index in [1.54, 1.807) is 12.3 Å². The summed E-state index contributed by atoms with van der Waals surface area (Å²) in [4.78, 5) is 24.2. The number of ether oxygens (including phenoxy) is 1. The fraction of sp³-hybridized carbons (Fsp3) is 0.464. The lowest BCUT2D eigenvalue weighted by molar-refractivity contribution is 0.0792. The first kappa shape index (κ1) is 24.6. The van der Waals surface area contributed by atoms with E-state index < -0.39 is 13.0 Å². The second-order valence-corrected chi connectivity index (χ2v) is 9.84. The van der Waals surface area contributed by atoms with Crippen LogP contribution in [0.25, 0.3) is 10.9 Å². The number of carbonyl (C=O) groups is 1. The van der Waals surface area contributed by atoms with Gasteiger partial charge in [-0.25, -0.2) is 13.8 Å². The third-order valence-electron chi connectivity index (χ3n) is 7.40. The topological polar surface area (TPSA) is 67.4 Å². The quantitative estimate of drug-likeness (QED) is 0.477. The van der Waals surface area contributed by atoms with Crippen LogP contribution < -0.4 is 10.1 Å². The van der Waals surface area contributed by atoms with Crippen LogP contribution in [-0.2, 0) is 13.0 Å². The molecular formula is C28H32F2N4O2. The highest BCUT2D eigenvalue weighted by molar-refractivity contribution is 6.06. The summed E-state index contributed by atoms with van der Waals surface area (Å²) >= 11 is 0. The summed E-state index contributed by atoms with van der Waals surface area (Å²) in [7, 11) is 0. The summed E-state index contributed by atoms with van der Waals surface area (Å²) in [6.07, 6.45) is 5.48. The van der Waals surface area contributed by atoms with Crippen molar-refractivity contribution in [3.05, 3.63) is 65.5 Å². The maximum absolute atomic E-state index is 12.9. The van der Waals surface area contributed by atoms with Crippen molar-refractivity contribution in [1.29, 1.82) is 0 Å². The highest BCUT2D eigenvalue weighted by atomic mass is 19.3. The molecule has 3 aromatic rings. The summed E-state index contributed by atoms with van der Waals surface area (Å²) in [5, 5.41) is 4.13. The first-order chi connectivity index (χ1) is 17.5. The zero-order valence-corrected chi connectivity index (χ0v) is 20.3. The number of hydrogen-bond donors (Lipinski definition) is 1. The molecule has 190 valence electrons. The molecule has 1 amide bonds. The molecule has 0 spiro atoms. The molecule has 0 atom stereocenters. The SMILES string of the molecule is O=C(N[C@H]1CC[C@H](CCN2CCc3ccc(OCC(F)F)nc3C2)CC1)c1cccc2ncccc12. The van der Waals surface area contributed by atoms with Gasteiger partial charge in [0.15, 0.2) is 6.61 Å². The Morgan fingerprint density at radius 2 is 1.97 bits per heavy atom. The van der Waals surface area contributed by atoms with Gasteiger partial charge in [0.25, 0.3) is 12.3 Å². The molecule has 1 saturated carbocycles. The average Bonchev–Trinajstić information content (AvgIpc) is 2.91. The van der Waals surface area contributed by atoms with Gasteiger partial charge in [-0.1, -0.05) is 18.2 Å². The molecule has 2 aromatic heterocycles. The highest BCUT2D eigenvalue weighted by Crippen LogP contribution is 2.29. The molecule has 1 fully saturated rings. The van der Waals surface area contributed by atoms with Crippen LogP contribution in [0, 0.1) is 5.92 Å². The molecule has 0 unspecified atom stereocenters. The predicted octanol–water partition coefficient (Wildman–Crippen LogP) is 5.01. The number of fused-ring (bicyclic) bond motifs is 2. The number of carbonyl (C=O) groups excluding carboxylic acids is 1. The largest absolute Gasteiger partial charge is 0.472 e. The van der Waals surface area contributed by atoms with E-state index in [1.807, 2.05) is 36.4 Å². The van der Waals surface area contributed by atoms with Crippen molar-refractivity contribution in [2.75, 3.05) is 19.7 Å². The molecule has 3 heterocycles. The lowest BCUT2D eigenvalue weighted by atomic mass is 9.83. The molecule has 1 N–H and O–H groups in total. The Morgan fingerprint density at radius 3 is 2.81 bits per heavy atom. The first-order valence-electron chi connectivity index (χ1n) is 12.8. The molecule has 2 aliphatic rings. The van der Waals surface area contributed by atoms with E-state index in [1.165, 1.54) is 5.56 Å². The Balaban J connectivity index is 1.08. The molecule has 0 bridgehead atoms. The van der Waals surface area contributed by atoms with Crippen molar-refractivity contribution >= 4 is 16.8 Å². The number of amides is 1. The number of alkyl halides is 2. The Kier molecular flexibility index (Phi) is 7.70. The summed E-state index contributed by atoms with van der Waals surface area (Å²) < 4.78 is 30.0. The van der Waals surface area contributed by atoms with Crippen LogP contribution in [0.15, 0.2) is 48.7 Å². The second-order valence-electron chi connectivity index (χ2n) is 9.84. The molecule has 1 aromatic carbocycles. The van der Waals surface area contributed by atoms with E-state index in [0.29, 0.717) is 11.5 Å². The lowest BCUT2D eigenvalue weighted by Crippen LogP contribution is -2.38. The van der Waals surface area contributed by atoms with Crippen molar-refractivity contribution in [2.45, 2.75) is 57.5 Å². The number of benzene rings is 1. The lowest BCUT2D eigenvalue weighted by Gasteiger charge is -2.32. The van der Waals surface area contributed by atoms with E-state index in [4.69, 9.17) is 4.74 Å². The van der Waals surface area contributed by atoms with Gasteiger partial charge in [0.1, 0.15) is 0 Å². The number of nitrogens with one attached hydrogen (secondary N) is 1. The van der Waals surface area contributed by atoms with Gasteiger partial charge in [-0.15, -0.1) is 0 Å². The van der Waals surface area contributed by atoms with Gasteiger partial charge in [0, 0.05) is 42.3 Å². The van der Waals surface area contributed by atoms with Crippen LogP contribution in [0.3, 0.4) is 0 Å². The number of aromatic nitrogens is 2. The van der Waals surface area contributed by atoms with Crippen LogP contribution in [0.2, 0.25) is 0 Å². The van der Waals surface area contributed by atoms with Crippen molar-refractivity contribution in [3.8, 4) is 5.88 Å². The minimum Gasteiger partial charge on any atom is -0.472 e. The molecule has 0 saturated heterocycles. The summed E-state index contributed by atoms with van der Waals surface area (Å²) in [5.41, 5.74) is 3.63. The van der Waals surface area contributed by atoms with Crippen molar-refractivity contribution in [2.24, 2.45) is 5.92 Å². The van der Waals surface area contributed by atoms with Gasteiger partial charge in [-0.3, -0.25) is 14.7 Å². The Bertz CT molecular complexity index is 1190. The third kappa shape index (κ3) is 5.98. The molecule has 8 heteroatoms. The maximum Gasteiger partial charge on any atom is 0.272 e. The zero-order valence-electron chi connectivity index (χ0n) is 20.3. The van der Waals surface area contributed by atoms with Gasteiger partial charge < -0.3 is 10.1 Å². The highest BCUT2D eigenvalue weighted by Gasteiger charge is 2.25. The minimum atomic E-state index is -2.50. The van der Waals surface area contributed by atoms with Crippen molar-refractivity contribution < 1.29 is 18.3 Å². The molecular weight excluding hydrogens is 462 g/mol. The number of halogens is 2. The van der Waals surface area contributed by atoms with Crippen LogP contribution in [0.5, 0.6) is 5.88 Å². The fourth-order valence-corrected chi connectivity index (χ4v) is 5.39. The van der Waals surface area contributed by atoms with Gasteiger partial charge in [0.05, 0.1) is 11.2 Å². The first-order valence-corrected chi connectivity index (χ1v) is 12.8. The van der Waals surface area contributed by atoms with Gasteiger partial charge in [-0.05, 0) is 74.8 Å². The summed E-state index contributed by atoms with van der Waals surface area (Å²) in [6.45, 7) is 2.08. The summed E-state index contributed by atoms with van der Waals surface area (Å²) in [5.74, 6) is 0.902. The van der Waals surface area contributed by atoms with Gasteiger partial charge in [-0.2, -0.15) is 0 Å². The predicted molar refractivity (Wildman–Crippen MR) is 134 cm³/mol. The molecule has 36 heavy (non-hydrogen) atoms. The van der Waals surface area contributed by atoms with Crippen LogP contribution in [0.1, 0.15) is 53.7 Å². The standard InChI is InChI=1S/C28H32F2N4O2/c29-26(30)18-36-27-11-8-20-13-16-34(17-25(20)33-27)15-12-19-6-9-21(10-7-19)32-28(35)23-3-1-5-24-22(23)4-2-14-31-24/h1-5,8,11,14,19,21,26H,6-7,9-10,12-13,15-18H2,(H,32,35)/t19-,21-. The Labute approximate surface area is 210 Å². The zero-order chi connectivity index (χ0) is 24.9. The molecule has 1 aliphatic carbocycles. The number of pyridine rings is 2. The molecule has 5 rings (SSSR count). The number of hydrogen-bond acceptors (Lipinski definition) is 5. The fourth-order valence-electron chi connectivity index (χ4n) is 5.39. The number of rotatable bonds is 8. The van der Waals surface area contributed by atoms with E-state index in [9.17, 15) is 13.6 Å². The van der Waals surface area contributed by atoms with E-state index in [-0.39, 0.29) is 17.8 Å². The normalized spacial score (nSPS) is 20.3.